The van der Waals surface area contributed by atoms with E-state index in [-0.39, 0.29) is 0 Å². The monoisotopic (exact) mass is 306 g/mol. The fourth-order valence-corrected chi connectivity index (χ4v) is 1.78. The van der Waals surface area contributed by atoms with Gasteiger partial charge in [-0.3, -0.25) is 14.2 Å². The maximum absolute atomic E-state index is 11.2. The lowest BCUT2D eigenvalue weighted by Gasteiger charge is -2.04. The molecule has 0 atom stereocenters. The second-order valence-electron chi connectivity index (χ2n) is 3.53. The van der Waals surface area contributed by atoms with Gasteiger partial charge in [0.25, 0.3) is 0 Å². The summed E-state index contributed by atoms with van der Waals surface area (Å²) in [6, 6.07) is 3.39. The highest BCUT2D eigenvalue weighted by Crippen LogP contribution is 2.19. The van der Waals surface area contributed by atoms with Crippen LogP contribution in [-0.4, -0.2) is 19.8 Å². The zero-order valence-corrected chi connectivity index (χ0v) is 11.6. The maximum atomic E-state index is 11.2. The van der Waals surface area contributed by atoms with Gasteiger partial charge in [-0.2, -0.15) is 0 Å². The Bertz CT molecular complexity index is 720. The van der Waals surface area contributed by atoms with Gasteiger partial charge in [0, 0.05) is 5.02 Å². The molecule has 0 aliphatic rings. The van der Waals surface area contributed by atoms with Gasteiger partial charge in [-0.15, -0.1) is 0 Å². The lowest BCUT2D eigenvalue weighted by molar-refractivity contribution is 0.405. The van der Waals surface area contributed by atoms with Crippen LogP contribution in [0.4, 0.5) is 0 Å². The molecule has 0 amide bonds. The molecule has 0 saturated heterocycles. The number of H-pyrrole nitrogens is 2. The van der Waals surface area contributed by atoms with Crippen molar-refractivity contribution in [2.45, 2.75) is 13.3 Å². The fourth-order valence-electron chi connectivity index (χ4n) is 1.54. The van der Waals surface area contributed by atoms with Crippen molar-refractivity contribution in [2.75, 3.05) is 0 Å². The Morgan fingerprint density at radius 2 is 1.74 bits per heavy atom. The number of benzene rings is 1. The highest BCUT2D eigenvalue weighted by Gasteiger charge is 2.05. The van der Waals surface area contributed by atoms with Gasteiger partial charge >= 0.3 is 19.4 Å². The molecular weight excluding hydrogens is 295 g/mol. The average molecular weight is 307 g/mol. The highest BCUT2D eigenvalue weighted by atomic mass is 35.5. The quantitative estimate of drug-likeness (QED) is 0.458. The Hall–Kier alpha value is -1.40. The summed E-state index contributed by atoms with van der Waals surface area (Å²) in [6.07, 6.45) is 0.735. The number of hydrogen-bond acceptors (Lipinski definition) is 3. The second kappa shape index (κ2) is 6.68. The maximum Gasteiger partial charge on any atom is 0.314 e. The molecular formula is C10H12ClN2O5P. The van der Waals surface area contributed by atoms with Crippen LogP contribution < -0.4 is 11.1 Å². The third-order valence-electron chi connectivity index (χ3n) is 2.26. The van der Waals surface area contributed by atoms with Crippen LogP contribution in [0, 0.1) is 0 Å². The molecule has 0 bridgehead atoms. The average Bonchev–Trinajstić information content (AvgIpc) is 2.29. The number of nitrogens with one attached hydrogen (secondary N) is 2. The molecule has 19 heavy (non-hydrogen) atoms. The molecule has 1 aromatic heterocycles. The minimum absolute atomic E-state index is 0.544. The number of rotatable bonds is 1. The van der Waals surface area contributed by atoms with E-state index in [0.717, 1.165) is 12.0 Å². The Labute approximate surface area is 112 Å². The van der Waals surface area contributed by atoms with E-state index in [4.69, 9.17) is 26.0 Å². The predicted molar refractivity (Wildman–Crippen MR) is 73.0 cm³/mol. The second-order valence-corrected chi connectivity index (χ2v) is 4.53. The minimum atomic E-state index is -3.13. The molecule has 7 nitrogen and oxygen atoms in total. The van der Waals surface area contributed by atoms with E-state index in [1.54, 1.807) is 12.1 Å². The van der Waals surface area contributed by atoms with Gasteiger partial charge in [-0.1, -0.05) is 18.5 Å². The first-order valence-corrected chi connectivity index (χ1v) is 6.89. The third kappa shape index (κ3) is 4.33. The molecule has 0 spiro atoms. The van der Waals surface area contributed by atoms with E-state index in [1.807, 2.05) is 6.92 Å². The van der Waals surface area contributed by atoms with E-state index < -0.39 is 19.4 Å². The number of aromatic amines is 2. The normalized spacial score (nSPS) is 10.4. The van der Waals surface area contributed by atoms with Crippen LogP contribution in [-0.2, 0) is 11.0 Å². The molecule has 9 heteroatoms. The molecule has 0 aliphatic carbocycles. The Morgan fingerprint density at radius 3 is 2.26 bits per heavy atom. The van der Waals surface area contributed by atoms with Gasteiger partial charge in [0.1, 0.15) is 0 Å². The molecule has 0 saturated carbocycles. The number of hydrogen-bond donors (Lipinski definition) is 4. The van der Waals surface area contributed by atoms with Crippen LogP contribution in [0.25, 0.3) is 11.0 Å². The van der Waals surface area contributed by atoms with Crippen LogP contribution in [0.15, 0.2) is 21.7 Å². The summed E-state index contributed by atoms with van der Waals surface area (Å²) in [5, 5.41) is 0.544. The molecule has 0 fully saturated rings. The lowest BCUT2D eigenvalue weighted by Crippen LogP contribution is -2.29. The zero-order valence-electron chi connectivity index (χ0n) is 9.86. The number of halogens is 1. The van der Waals surface area contributed by atoms with E-state index in [2.05, 4.69) is 9.97 Å². The summed E-state index contributed by atoms with van der Waals surface area (Å²) < 4.78 is 8.74. The van der Waals surface area contributed by atoms with Crippen molar-refractivity contribution >= 4 is 30.9 Å². The molecule has 0 aliphatic heterocycles. The van der Waals surface area contributed by atoms with Crippen LogP contribution in [0.2, 0.25) is 5.02 Å². The van der Waals surface area contributed by atoms with Gasteiger partial charge < -0.3 is 19.8 Å². The summed E-state index contributed by atoms with van der Waals surface area (Å²) in [6.45, 7) is 1.95. The summed E-state index contributed by atoms with van der Waals surface area (Å²) in [7, 11) is -3.13. The number of fused-ring (bicyclic) bond motifs is 1. The van der Waals surface area contributed by atoms with Crippen molar-refractivity contribution in [1.29, 1.82) is 0 Å². The standard InChI is InChI=1S/C10H9ClN2O2.H3O3P/c1-2-5-3-6(11)4-7-8(5)13-10(15)9(14)12-7;1-4(2)3/h3-4H,2H2,1H3,(H,12,14)(H,13,15);4H,(H2,1,2,3). The van der Waals surface area contributed by atoms with E-state index in [0.29, 0.717) is 16.1 Å². The molecule has 2 aromatic rings. The smallest absolute Gasteiger partial charge is 0.314 e. The van der Waals surface area contributed by atoms with Crippen LogP contribution >= 0.6 is 19.9 Å². The van der Waals surface area contributed by atoms with E-state index in [1.165, 1.54) is 0 Å². The Kier molecular flexibility index (Phi) is 5.50. The van der Waals surface area contributed by atoms with Gasteiger partial charge in [-0.05, 0) is 24.1 Å². The summed E-state index contributed by atoms with van der Waals surface area (Å²) in [5.41, 5.74) is 0.813. The van der Waals surface area contributed by atoms with Crippen molar-refractivity contribution in [1.82, 2.24) is 9.97 Å². The Morgan fingerprint density at radius 1 is 1.21 bits per heavy atom. The SMILES string of the molecule is CCc1cc(Cl)cc2[nH]c(=O)c(=O)[nH]c12.O=[PH](O)O. The van der Waals surface area contributed by atoms with Crippen LogP contribution in [0.3, 0.4) is 0 Å². The number of aromatic nitrogens is 2. The van der Waals surface area contributed by atoms with Gasteiger partial charge in [0.2, 0.25) is 0 Å². The van der Waals surface area contributed by atoms with Gasteiger partial charge in [0.05, 0.1) is 11.0 Å². The van der Waals surface area contributed by atoms with Crippen molar-refractivity contribution in [3.05, 3.63) is 43.4 Å². The molecule has 2 rings (SSSR count). The third-order valence-corrected chi connectivity index (χ3v) is 2.48. The summed E-state index contributed by atoms with van der Waals surface area (Å²) in [5.74, 6) is 0. The first-order valence-electron chi connectivity index (χ1n) is 5.21. The topological polar surface area (TPSA) is 123 Å². The van der Waals surface area contributed by atoms with Crippen molar-refractivity contribution < 1.29 is 14.4 Å². The molecule has 104 valence electrons. The van der Waals surface area contributed by atoms with Crippen molar-refractivity contribution in [3.63, 3.8) is 0 Å². The van der Waals surface area contributed by atoms with Gasteiger partial charge in [0.15, 0.2) is 0 Å². The first-order chi connectivity index (χ1) is 8.85. The number of aryl methyl sites for hydroxylation is 1. The molecule has 0 unspecified atom stereocenters. The minimum Gasteiger partial charge on any atom is -0.326 e. The summed E-state index contributed by atoms with van der Waals surface area (Å²) >= 11 is 5.88. The molecule has 0 radical (unpaired) electrons. The molecule has 1 heterocycles. The first kappa shape index (κ1) is 15.7. The largest absolute Gasteiger partial charge is 0.326 e. The predicted octanol–water partition coefficient (Wildman–Crippen LogP) is 0.793. The summed E-state index contributed by atoms with van der Waals surface area (Å²) in [4.78, 5) is 41.6. The van der Waals surface area contributed by atoms with E-state index >= 15 is 0 Å². The van der Waals surface area contributed by atoms with E-state index in [9.17, 15) is 9.59 Å². The zero-order chi connectivity index (χ0) is 14.6. The molecule has 1 aromatic carbocycles. The fraction of sp³-hybridized carbons (Fsp3) is 0.200. The van der Waals surface area contributed by atoms with Crippen LogP contribution in [0.5, 0.6) is 0 Å². The van der Waals surface area contributed by atoms with Crippen molar-refractivity contribution in [3.8, 4) is 0 Å². The molecule has 4 N–H and O–H groups in total. The Balaban J connectivity index is 0.000000399. The highest BCUT2D eigenvalue weighted by molar-refractivity contribution is 7.30. The van der Waals surface area contributed by atoms with Crippen molar-refractivity contribution in [2.24, 2.45) is 0 Å². The van der Waals surface area contributed by atoms with Gasteiger partial charge in [-0.25, -0.2) is 0 Å². The lowest BCUT2D eigenvalue weighted by atomic mass is 10.1. The van der Waals surface area contributed by atoms with Crippen LogP contribution in [0.1, 0.15) is 12.5 Å².